The number of likely N-dealkylation sites (N-methyl/N-ethyl adjacent to an activating group) is 1. The first-order valence-corrected chi connectivity index (χ1v) is 11.1. The van der Waals surface area contributed by atoms with E-state index in [-0.39, 0.29) is 17.4 Å². The van der Waals surface area contributed by atoms with Crippen molar-refractivity contribution in [2.24, 2.45) is 0 Å². The van der Waals surface area contributed by atoms with Crippen LogP contribution in [0.2, 0.25) is 5.02 Å². The molecule has 3 rings (SSSR count). The molecule has 0 aliphatic rings. The van der Waals surface area contributed by atoms with Gasteiger partial charge in [0.25, 0.3) is 15.9 Å². The van der Waals surface area contributed by atoms with Gasteiger partial charge in [-0.2, -0.15) is 0 Å². The molecule has 0 atom stereocenters. The second-order valence-corrected chi connectivity index (χ2v) is 8.65. The molecular weight excluding hydrogens is 440 g/mol. The summed E-state index contributed by atoms with van der Waals surface area (Å²) in [7, 11) is -0.574. The van der Waals surface area contributed by atoms with Crippen LogP contribution in [-0.2, 0) is 14.8 Å². The lowest BCUT2D eigenvalue weighted by molar-refractivity contribution is -0.120. The first-order valence-electron chi connectivity index (χ1n) is 9.20. The highest BCUT2D eigenvalue weighted by Crippen LogP contribution is 2.22. The van der Waals surface area contributed by atoms with E-state index in [0.717, 1.165) is 0 Å². The fraction of sp³-hybridized carbons (Fsp3) is 0.136. The van der Waals surface area contributed by atoms with E-state index in [0.29, 0.717) is 27.9 Å². The molecule has 1 N–H and O–H groups in total. The first kappa shape index (κ1) is 22.5. The number of sulfonamides is 1. The van der Waals surface area contributed by atoms with Crippen LogP contribution in [0.3, 0.4) is 0 Å². The monoisotopic (exact) mass is 460 g/mol. The van der Waals surface area contributed by atoms with Gasteiger partial charge in [-0.15, -0.1) is 0 Å². The number of carbonyl (C=O) groups excluding carboxylic acids is 1. The maximum Gasteiger partial charge on any atom is 0.264 e. The number of hydrogen-bond acceptors (Lipinski definition) is 5. The Morgan fingerprint density at radius 1 is 1.00 bits per heavy atom. The van der Waals surface area contributed by atoms with Crippen LogP contribution in [0.25, 0.3) is 0 Å². The van der Waals surface area contributed by atoms with Crippen LogP contribution in [-0.4, -0.2) is 35.1 Å². The summed E-state index contributed by atoms with van der Waals surface area (Å²) in [5, 5.41) is 0.510. The van der Waals surface area contributed by atoms with E-state index in [4.69, 9.17) is 21.1 Å². The molecule has 0 heterocycles. The smallest absolute Gasteiger partial charge is 0.264 e. The molecule has 31 heavy (non-hydrogen) atoms. The summed E-state index contributed by atoms with van der Waals surface area (Å²) in [5.74, 6) is 0.745. The molecular formula is C22H21ClN2O5S. The van der Waals surface area contributed by atoms with Crippen molar-refractivity contribution >= 4 is 38.9 Å². The van der Waals surface area contributed by atoms with E-state index < -0.39 is 10.0 Å². The average Bonchev–Trinajstić information content (AvgIpc) is 2.78. The number of nitrogens with one attached hydrogen (secondary N) is 1. The van der Waals surface area contributed by atoms with Crippen molar-refractivity contribution in [2.75, 3.05) is 30.4 Å². The number of benzene rings is 3. The van der Waals surface area contributed by atoms with Gasteiger partial charge in [0.05, 0.1) is 12.0 Å². The molecule has 1 amide bonds. The van der Waals surface area contributed by atoms with Crippen molar-refractivity contribution in [3.63, 3.8) is 0 Å². The van der Waals surface area contributed by atoms with Crippen molar-refractivity contribution in [3.05, 3.63) is 77.8 Å². The summed E-state index contributed by atoms with van der Waals surface area (Å²) in [6, 6.07) is 19.2. The van der Waals surface area contributed by atoms with E-state index in [9.17, 15) is 13.2 Å². The van der Waals surface area contributed by atoms with Gasteiger partial charge in [-0.1, -0.05) is 17.7 Å². The summed E-state index contributed by atoms with van der Waals surface area (Å²) in [5.41, 5.74) is 1.07. The number of anilines is 2. The van der Waals surface area contributed by atoms with E-state index in [1.165, 1.54) is 29.2 Å². The van der Waals surface area contributed by atoms with Gasteiger partial charge in [-0.25, -0.2) is 8.42 Å². The number of rotatable bonds is 8. The van der Waals surface area contributed by atoms with Crippen LogP contribution in [0.5, 0.6) is 11.5 Å². The molecule has 0 spiro atoms. The van der Waals surface area contributed by atoms with Gasteiger partial charge in [-0.3, -0.25) is 9.52 Å². The Morgan fingerprint density at radius 2 is 1.68 bits per heavy atom. The Balaban J connectivity index is 1.60. The Hall–Kier alpha value is -3.23. The molecule has 0 unspecified atom stereocenters. The predicted molar refractivity (Wildman–Crippen MR) is 121 cm³/mol. The minimum Gasteiger partial charge on any atom is -0.497 e. The molecule has 0 bridgehead atoms. The molecule has 7 nitrogen and oxygen atoms in total. The van der Waals surface area contributed by atoms with Gasteiger partial charge in [0.1, 0.15) is 11.5 Å². The molecule has 0 fully saturated rings. The molecule has 3 aromatic rings. The zero-order valence-electron chi connectivity index (χ0n) is 16.9. The molecule has 9 heteroatoms. The minimum absolute atomic E-state index is 0.0645. The highest BCUT2D eigenvalue weighted by Gasteiger charge is 2.16. The summed E-state index contributed by atoms with van der Waals surface area (Å²) in [6.45, 7) is -0.206. The summed E-state index contributed by atoms with van der Waals surface area (Å²) < 4.78 is 38.2. The molecule has 3 aromatic carbocycles. The maximum atomic E-state index is 12.5. The highest BCUT2D eigenvalue weighted by molar-refractivity contribution is 7.92. The van der Waals surface area contributed by atoms with Crippen LogP contribution >= 0.6 is 11.6 Å². The molecule has 162 valence electrons. The van der Waals surface area contributed by atoms with Crippen molar-refractivity contribution < 1.29 is 22.7 Å². The van der Waals surface area contributed by atoms with Crippen molar-refractivity contribution in [1.82, 2.24) is 0 Å². The Kier molecular flexibility index (Phi) is 7.04. The Labute approximate surface area is 186 Å². The summed E-state index contributed by atoms with van der Waals surface area (Å²) in [6.07, 6.45) is 0. The van der Waals surface area contributed by atoms with Crippen LogP contribution in [0.15, 0.2) is 77.7 Å². The first-order chi connectivity index (χ1) is 14.8. The number of carbonyl (C=O) groups is 1. The van der Waals surface area contributed by atoms with Gasteiger partial charge in [0.15, 0.2) is 6.61 Å². The summed E-state index contributed by atoms with van der Waals surface area (Å²) in [4.78, 5) is 13.9. The van der Waals surface area contributed by atoms with Crippen molar-refractivity contribution in [2.45, 2.75) is 4.90 Å². The molecule has 0 aliphatic carbocycles. The van der Waals surface area contributed by atoms with Gasteiger partial charge in [-0.05, 0) is 60.7 Å². The quantitative estimate of drug-likeness (QED) is 0.544. The van der Waals surface area contributed by atoms with Gasteiger partial charge in [0, 0.05) is 29.5 Å². The Bertz CT molecular complexity index is 1150. The van der Waals surface area contributed by atoms with Crippen molar-refractivity contribution in [3.8, 4) is 11.5 Å². The van der Waals surface area contributed by atoms with Gasteiger partial charge in [0.2, 0.25) is 0 Å². The lowest BCUT2D eigenvalue weighted by atomic mass is 10.3. The SMILES string of the molecule is COc1cccc(N(C)C(=O)COc2ccc(S(=O)(=O)Nc3ccc(Cl)cc3)cc2)c1. The minimum atomic E-state index is -3.77. The fourth-order valence-electron chi connectivity index (χ4n) is 2.65. The second-order valence-electron chi connectivity index (χ2n) is 6.53. The normalized spacial score (nSPS) is 10.9. The highest BCUT2D eigenvalue weighted by atomic mass is 35.5. The lowest BCUT2D eigenvalue weighted by Gasteiger charge is -2.18. The number of methoxy groups -OCH3 is 1. The molecule has 0 saturated carbocycles. The van der Waals surface area contributed by atoms with E-state index in [2.05, 4.69) is 4.72 Å². The van der Waals surface area contributed by atoms with Crippen molar-refractivity contribution in [1.29, 1.82) is 0 Å². The van der Waals surface area contributed by atoms with Gasteiger partial charge >= 0.3 is 0 Å². The third-order valence-electron chi connectivity index (χ3n) is 4.41. The number of nitrogens with zero attached hydrogens (tertiary/aromatic N) is 1. The third-order valence-corrected chi connectivity index (χ3v) is 6.06. The molecule has 0 aliphatic heterocycles. The zero-order chi connectivity index (χ0) is 22.4. The van der Waals surface area contributed by atoms with Crippen LogP contribution in [0, 0.1) is 0 Å². The second kappa shape index (κ2) is 9.72. The molecule has 0 radical (unpaired) electrons. The standard InChI is InChI=1S/C22H21ClN2O5S/c1-25(18-4-3-5-20(14-18)29-2)22(26)15-30-19-10-12-21(13-11-19)31(27,28)24-17-8-6-16(23)7-9-17/h3-14,24H,15H2,1-2H3. The number of amides is 1. The molecule has 0 aromatic heterocycles. The number of ether oxygens (including phenoxy) is 2. The largest absolute Gasteiger partial charge is 0.497 e. The zero-order valence-corrected chi connectivity index (χ0v) is 18.5. The van der Waals surface area contributed by atoms with E-state index in [1.807, 2.05) is 0 Å². The Morgan fingerprint density at radius 3 is 2.32 bits per heavy atom. The third kappa shape index (κ3) is 5.90. The topological polar surface area (TPSA) is 84.9 Å². The maximum absolute atomic E-state index is 12.5. The summed E-state index contributed by atoms with van der Waals surface area (Å²) >= 11 is 5.81. The average molecular weight is 461 g/mol. The predicted octanol–water partition coefficient (Wildman–Crippen LogP) is 4.19. The fourth-order valence-corrected chi connectivity index (χ4v) is 3.84. The van der Waals surface area contributed by atoms with E-state index >= 15 is 0 Å². The lowest BCUT2D eigenvalue weighted by Crippen LogP contribution is -2.31. The van der Waals surface area contributed by atoms with Gasteiger partial charge < -0.3 is 14.4 Å². The molecule has 0 saturated heterocycles. The van der Waals surface area contributed by atoms with Crippen LogP contribution in [0.1, 0.15) is 0 Å². The van der Waals surface area contributed by atoms with Crippen LogP contribution in [0.4, 0.5) is 11.4 Å². The van der Waals surface area contributed by atoms with E-state index in [1.54, 1.807) is 62.7 Å². The van der Waals surface area contributed by atoms with Crippen LogP contribution < -0.4 is 19.1 Å². The number of hydrogen-bond donors (Lipinski definition) is 1. The number of halogens is 1.